The minimum absolute atomic E-state index is 0.0628. The number of carbonyl (C=O) groups is 1. The minimum Gasteiger partial charge on any atom is -0.395 e. The fraction of sp³-hybridized carbons (Fsp3) is 0.500. The first-order valence-corrected chi connectivity index (χ1v) is 6.66. The lowest BCUT2D eigenvalue weighted by Crippen LogP contribution is -2.34. The highest BCUT2D eigenvalue weighted by molar-refractivity contribution is 5.95. The smallest absolute Gasteiger partial charge is 0.395 e. The Bertz CT molecular complexity index is 505. The third-order valence-corrected chi connectivity index (χ3v) is 3.13. The van der Waals surface area contributed by atoms with Crippen LogP contribution < -0.4 is 14.8 Å². The van der Waals surface area contributed by atoms with Gasteiger partial charge in [-0.05, 0) is 31.0 Å². The molecular formula is C14H17F2NO3. The summed E-state index contributed by atoms with van der Waals surface area (Å²) in [5, 5.41) is 2.87. The van der Waals surface area contributed by atoms with Gasteiger partial charge in [0.25, 0.3) is 5.91 Å². The molecule has 0 aromatic heterocycles. The average Bonchev–Trinajstić information content (AvgIpc) is 2.70. The maximum atomic E-state index is 12.9. The van der Waals surface area contributed by atoms with Gasteiger partial charge in [0.15, 0.2) is 11.5 Å². The number of fused-ring (bicyclic) bond motifs is 1. The molecule has 1 aromatic rings. The molecule has 0 fully saturated rings. The van der Waals surface area contributed by atoms with E-state index in [9.17, 15) is 13.6 Å². The summed E-state index contributed by atoms with van der Waals surface area (Å²) in [5.41, 5.74) is 0.277. The Morgan fingerprint density at radius 3 is 2.65 bits per heavy atom. The molecule has 0 saturated heterocycles. The molecule has 1 unspecified atom stereocenters. The van der Waals surface area contributed by atoms with Crippen LogP contribution in [-0.4, -0.2) is 18.2 Å². The Labute approximate surface area is 116 Å². The molecular weight excluding hydrogens is 268 g/mol. The van der Waals surface area contributed by atoms with Gasteiger partial charge in [-0.3, -0.25) is 4.79 Å². The molecule has 6 heteroatoms. The summed E-state index contributed by atoms with van der Waals surface area (Å²) in [6.07, 6.45) is -0.995. The topological polar surface area (TPSA) is 47.6 Å². The van der Waals surface area contributed by atoms with E-state index in [2.05, 4.69) is 14.8 Å². The second-order valence-corrected chi connectivity index (χ2v) is 4.70. The quantitative estimate of drug-likeness (QED) is 0.902. The van der Waals surface area contributed by atoms with Crippen molar-refractivity contribution >= 4 is 5.91 Å². The van der Waals surface area contributed by atoms with Crippen molar-refractivity contribution in [3.63, 3.8) is 0 Å². The summed E-state index contributed by atoms with van der Waals surface area (Å²) in [4.78, 5) is 12.1. The number of nitrogens with one attached hydrogen (secondary N) is 1. The molecule has 1 aliphatic rings. The summed E-state index contributed by atoms with van der Waals surface area (Å²) < 4.78 is 34.4. The van der Waals surface area contributed by atoms with Crippen LogP contribution in [0.25, 0.3) is 0 Å². The highest BCUT2D eigenvalue weighted by Gasteiger charge is 2.43. The molecule has 20 heavy (non-hydrogen) atoms. The summed E-state index contributed by atoms with van der Waals surface area (Å²) in [6.45, 7) is 4.03. The van der Waals surface area contributed by atoms with Gasteiger partial charge in [0.1, 0.15) is 0 Å². The van der Waals surface area contributed by atoms with Crippen LogP contribution in [0.15, 0.2) is 18.2 Å². The number of ether oxygens (including phenoxy) is 2. The van der Waals surface area contributed by atoms with Crippen LogP contribution in [0.4, 0.5) is 8.78 Å². The third-order valence-electron chi connectivity index (χ3n) is 3.13. The van der Waals surface area contributed by atoms with E-state index < -0.39 is 6.29 Å². The fourth-order valence-corrected chi connectivity index (χ4v) is 2.09. The van der Waals surface area contributed by atoms with E-state index >= 15 is 0 Å². The van der Waals surface area contributed by atoms with Gasteiger partial charge in [-0.1, -0.05) is 20.3 Å². The first-order chi connectivity index (χ1) is 9.45. The third kappa shape index (κ3) is 3.18. The zero-order valence-corrected chi connectivity index (χ0v) is 11.4. The van der Waals surface area contributed by atoms with Gasteiger partial charge >= 0.3 is 6.29 Å². The molecule has 0 bridgehead atoms. The van der Waals surface area contributed by atoms with Crippen molar-refractivity contribution in [3.05, 3.63) is 23.8 Å². The second kappa shape index (κ2) is 5.64. The molecule has 0 aliphatic carbocycles. The Hall–Kier alpha value is -1.85. The molecule has 0 spiro atoms. The lowest BCUT2D eigenvalue weighted by atomic mass is 10.1. The molecule has 0 saturated carbocycles. The number of hydrogen-bond donors (Lipinski definition) is 1. The summed E-state index contributed by atoms with van der Waals surface area (Å²) in [6, 6.07) is 4.10. The number of carbonyl (C=O) groups excluding carboxylic acids is 1. The van der Waals surface area contributed by atoms with Gasteiger partial charge in [-0.2, -0.15) is 0 Å². The van der Waals surface area contributed by atoms with E-state index in [-0.39, 0.29) is 29.0 Å². The van der Waals surface area contributed by atoms with Gasteiger partial charge in [0, 0.05) is 11.6 Å². The number of hydrogen-bond acceptors (Lipinski definition) is 3. The van der Waals surface area contributed by atoms with E-state index in [0.717, 1.165) is 19.3 Å². The average molecular weight is 285 g/mol. The van der Waals surface area contributed by atoms with E-state index in [4.69, 9.17) is 0 Å². The first-order valence-electron chi connectivity index (χ1n) is 6.66. The van der Waals surface area contributed by atoms with Gasteiger partial charge in [0.05, 0.1) is 0 Å². The zero-order chi connectivity index (χ0) is 14.8. The summed E-state index contributed by atoms with van der Waals surface area (Å²) in [5.74, 6) is -0.481. The van der Waals surface area contributed by atoms with Crippen LogP contribution in [0.2, 0.25) is 0 Å². The molecule has 1 N–H and O–H groups in total. The largest absolute Gasteiger partial charge is 0.586 e. The van der Waals surface area contributed by atoms with Gasteiger partial charge in [-0.25, -0.2) is 0 Å². The van der Waals surface area contributed by atoms with Crippen LogP contribution >= 0.6 is 0 Å². The van der Waals surface area contributed by atoms with Crippen molar-refractivity contribution < 1.29 is 23.0 Å². The van der Waals surface area contributed by atoms with E-state index in [0.29, 0.717) is 0 Å². The van der Waals surface area contributed by atoms with Crippen LogP contribution in [0.5, 0.6) is 11.5 Å². The van der Waals surface area contributed by atoms with Crippen LogP contribution in [0, 0.1) is 0 Å². The molecule has 1 aliphatic heterocycles. The van der Waals surface area contributed by atoms with Gasteiger partial charge in [0.2, 0.25) is 0 Å². The molecule has 1 amide bonds. The Morgan fingerprint density at radius 1 is 1.30 bits per heavy atom. The number of rotatable bonds is 5. The molecule has 1 aromatic carbocycles. The standard InChI is InChI=1S/C14H17F2NO3/c1-3-5-10(4-2)17-13(18)9-6-7-11-12(8-9)20-14(15,16)19-11/h6-8,10H,3-5H2,1-2H3,(H,17,18). The minimum atomic E-state index is -3.66. The zero-order valence-electron chi connectivity index (χ0n) is 11.4. The van der Waals surface area contributed by atoms with Crippen molar-refractivity contribution in [3.8, 4) is 11.5 Å². The normalized spacial score (nSPS) is 16.8. The van der Waals surface area contributed by atoms with Crippen molar-refractivity contribution in [1.29, 1.82) is 0 Å². The molecule has 1 atom stereocenters. The lowest BCUT2D eigenvalue weighted by Gasteiger charge is -2.16. The van der Waals surface area contributed by atoms with Crippen molar-refractivity contribution in [2.24, 2.45) is 0 Å². The molecule has 1 heterocycles. The van der Waals surface area contributed by atoms with Crippen molar-refractivity contribution in [2.75, 3.05) is 0 Å². The van der Waals surface area contributed by atoms with Crippen molar-refractivity contribution in [2.45, 2.75) is 45.4 Å². The molecule has 2 rings (SSSR count). The SMILES string of the molecule is CCCC(CC)NC(=O)c1ccc2c(c1)OC(F)(F)O2. The monoisotopic (exact) mass is 285 g/mol. The Kier molecular flexibility index (Phi) is 4.11. The number of halogens is 2. The van der Waals surface area contributed by atoms with Crippen LogP contribution in [-0.2, 0) is 0 Å². The highest BCUT2D eigenvalue weighted by atomic mass is 19.3. The van der Waals surface area contributed by atoms with Crippen LogP contribution in [0.3, 0.4) is 0 Å². The van der Waals surface area contributed by atoms with E-state index in [1.54, 1.807) is 0 Å². The van der Waals surface area contributed by atoms with Crippen LogP contribution in [0.1, 0.15) is 43.5 Å². The Balaban J connectivity index is 2.09. The maximum absolute atomic E-state index is 12.9. The van der Waals surface area contributed by atoms with Gasteiger partial charge in [-0.15, -0.1) is 8.78 Å². The lowest BCUT2D eigenvalue weighted by molar-refractivity contribution is -0.286. The van der Waals surface area contributed by atoms with Crippen molar-refractivity contribution in [1.82, 2.24) is 5.32 Å². The number of benzene rings is 1. The maximum Gasteiger partial charge on any atom is 0.586 e. The van der Waals surface area contributed by atoms with E-state index in [1.165, 1.54) is 18.2 Å². The highest BCUT2D eigenvalue weighted by Crippen LogP contribution is 2.41. The first kappa shape index (κ1) is 14.6. The second-order valence-electron chi connectivity index (χ2n) is 4.70. The predicted octanol–water partition coefficient (Wildman–Crippen LogP) is 3.32. The summed E-state index contributed by atoms with van der Waals surface area (Å²) in [7, 11) is 0. The Morgan fingerprint density at radius 2 is 2.00 bits per heavy atom. The predicted molar refractivity (Wildman–Crippen MR) is 69.1 cm³/mol. The van der Waals surface area contributed by atoms with Gasteiger partial charge < -0.3 is 14.8 Å². The number of alkyl halides is 2. The van der Waals surface area contributed by atoms with E-state index in [1.807, 2.05) is 13.8 Å². The molecule has 0 radical (unpaired) electrons. The molecule has 110 valence electrons. The number of amides is 1. The fourth-order valence-electron chi connectivity index (χ4n) is 2.09. The summed E-state index contributed by atoms with van der Waals surface area (Å²) >= 11 is 0. The molecule has 4 nitrogen and oxygen atoms in total.